The van der Waals surface area contributed by atoms with E-state index in [4.69, 9.17) is 4.74 Å². The maximum absolute atomic E-state index is 13.0. The molecule has 0 amide bonds. The zero-order valence-corrected chi connectivity index (χ0v) is 14.0. The van der Waals surface area contributed by atoms with Crippen molar-refractivity contribution in [2.24, 2.45) is 5.92 Å². The first-order valence-corrected chi connectivity index (χ1v) is 8.08. The molecule has 24 heavy (non-hydrogen) atoms. The Morgan fingerprint density at radius 3 is 2.75 bits per heavy atom. The summed E-state index contributed by atoms with van der Waals surface area (Å²) >= 11 is 3.27. The molecule has 1 aliphatic carbocycles. The number of esters is 1. The summed E-state index contributed by atoms with van der Waals surface area (Å²) in [5, 5.41) is 0. The molecule has 1 aromatic heterocycles. The third kappa shape index (κ3) is 3.77. The van der Waals surface area contributed by atoms with Crippen LogP contribution >= 0.6 is 15.9 Å². The zero-order chi connectivity index (χ0) is 17.3. The van der Waals surface area contributed by atoms with Gasteiger partial charge in [0.05, 0.1) is 11.5 Å². The Morgan fingerprint density at radius 2 is 2.04 bits per heavy atom. The zero-order valence-electron chi connectivity index (χ0n) is 12.4. The molecule has 2 atom stereocenters. The summed E-state index contributed by atoms with van der Waals surface area (Å²) in [6.45, 7) is 0.0510. The van der Waals surface area contributed by atoms with E-state index in [0.717, 1.165) is 10.5 Å². The lowest BCUT2D eigenvalue weighted by molar-refractivity contribution is -0.147. The van der Waals surface area contributed by atoms with E-state index in [1.54, 1.807) is 24.5 Å². The lowest BCUT2D eigenvalue weighted by Gasteiger charge is -2.12. The van der Waals surface area contributed by atoms with Gasteiger partial charge in [-0.2, -0.15) is 13.2 Å². The molecule has 0 unspecified atom stereocenters. The van der Waals surface area contributed by atoms with Crippen LogP contribution in [0.25, 0.3) is 0 Å². The van der Waals surface area contributed by atoms with Crippen LogP contribution in [-0.2, 0) is 22.3 Å². The van der Waals surface area contributed by atoms with Crippen molar-refractivity contribution in [3.05, 3.63) is 63.9 Å². The Bertz CT molecular complexity index is 763. The largest absolute Gasteiger partial charge is 0.461 e. The molecule has 126 valence electrons. The SMILES string of the molecule is O=C(OCc1cncc(Br)c1)[C@H]1C[C@@H]1c1ccccc1C(F)(F)F. The van der Waals surface area contributed by atoms with E-state index in [2.05, 4.69) is 20.9 Å². The van der Waals surface area contributed by atoms with E-state index in [0.29, 0.717) is 12.0 Å². The second-order valence-electron chi connectivity index (χ2n) is 5.65. The van der Waals surface area contributed by atoms with Gasteiger partial charge in [-0.1, -0.05) is 18.2 Å². The molecule has 7 heteroatoms. The molecule has 0 aliphatic heterocycles. The quantitative estimate of drug-likeness (QED) is 0.698. The Hall–Kier alpha value is -1.89. The van der Waals surface area contributed by atoms with Crippen molar-refractivity contribution in [1.82, 2.24) is 4.98 Å². The van der Waals surface area contributed by atoms with Crippen molar-refractivity contribution >= 4 is 21.9 Å². The van der Waals surface area contributed by atoms with Gasteiger partial charge in [-0.15, -0.1) is 0 Å². The number of pyridine rings is 1. The molecule has 0 spiro atoms. The molecule has 2 aromatic rings. The lowest BCUT2D eigenvalue weighted by Crippen LogP contribution is -2.11. The van der Waals surface area contributed by atoms with Gasteiger partial charge in [-0.25, -0.2) is 0 Å². The van der Waals surface area contributed by atoms with E-state index in [-0.39, 0.29) is 12.2 Å². The molecule has 0 N–H and O–H groups in total. The van der Waals surface area contributed by atoms with Crippen LogP contribution in [0.2, 0.25) is 0 Å². The minimum absolute atomic E-state index is 0.0510. The minimum atomic E-state index is -4.42. The second-order valence-corrected chi connectivity index (χ2v) is 6.57. The van der Waals surface area contributed by atoms with Crippen LogP contribution in [0.4, 0.5) is 13.2 Å². The monoisotopic (exact) mass is 399 g/mol. The maximum atomic E-state index is 13.0. The van der Waals surface area contributed by atoms with Gasteiger partial charge < -0.3 is 4.74 Å². The van der Waals surface area contributed by atoms with Gasteiger partial charge in [0.1, 0.15) is 6.61 Å². The minimum Gasteiger partial charge on any atom is -0.461 e. The summed E-state index contributed by atoms with van der Waals surface area (Å²) in [5.41, 5.74) is 0.197. The number of hydrogen-bond acceptors (Lipinski definition) is 3. The highest BCUT2D eigenvalue weighted by atomic mass is 79.9. The predicted molar refractivity (Wildman–Crippen MR) is 84.0 cm³/mol. The van der Waals surface area contributed by atoms with Gasteiger partial charge in [-0.05, 0) is 46.0 Å². The van der Waals surface area contributed by atoms with Crippen LogP contribution in [0.15, 0.2) is 47.2 Å². The molecule has 0 saturated heterocycles. The number of ether oxygens (including phenoxy) is 1. The number of carbonyl (C=O) groups excluding carboxylic acids is 1. The molecule has 1 aromatic carbocycles. The average Bonchev–Trinajstić information content (AvgIpc) is 3.32. The molecule has 0 bridgehead atoms. The molecule has 1 saturated carbocycles. The Labute approximate surface area is 145 Å². The van der Waals surface area contributed by atoms with Gasteiger partial charge in [0, 0.05) is 22.4 Å². The number of aromatic nitrogens is 1. The maximum Gasteiger partial charge on any atom is 0.416 e. The first-order chi connectivity index (χ1) is 11.4. The van der Waals surface area contributed by atoms with E-state index in [9.17, 15) is 18.0 Å². The fourth-order valence-electron chi connectivity index (χ4n) is 2.67. The predicted octanol–water partition coefficient (Wildman–Crippen LogP) is 4.71. The van der Waals surface area contributed by atoms with Crippen LogP contribution in [0.1, 0.15) is 29.0 Å². The fraction of sp³-hybridized carbons (Fsp3) is 0.294. The topological polar surface area (TPSA) is 39.2 Å². The summed E-state index contributed by atoms with van der Waals surface area (Å²) in [7, 11) is 0. The molecule has 1 fully saturated rings. The number of nitrogens with zero attached hydrogens (tertiary/aromatic N) is 1. The van der Waals surface area contributed by atoms with Crippen molar-refractivity contribution in [3.63, 3.8) is 0 Å². The van der Waals surface area contributed by atoms with Crippen molar-refractivity contribution in [1.29, 1.82) is 0 Å². The Kier molecular flexibility index (Phi) is 4.62. The lowest BCUT2D eigenvalue weighted by atomic mass is 10.0. The number of carbonyl (C=O) groups is 1. The summed E-state index contributed by atoms with van der Waals surface area (Å²) in [4.78, 5) is 16.0. The first kappa shape index (κ1) is 17.0. The van der Waals surface area contributed by atoms with Crippen LogP contribution in [0.3, 0.4) is 0 Å². The molecule has 3 nitrogen and oxygen atoms in total. The van der Waals surface area contributed by atoms with Crippen molar-refractivity contribution in [2.75, 3.05) is 0 Å². The van der Waals surface area contributed by atoms with E-state index >= 15 is 0 Å². The van der Waals surface area contributed by atoms with Gasteiger partial charge in [0.25, 0.3) is 0 Å². The van der Waals surface area contributed by atoms with Crippen molar-refractivity contribution in [3.8, 4) is 0 Å². The van der Waals surface area contributed by atoms with E-state index in [1.807, 2.05) is 0 Å². The molecule has 0 radical (unpaired) electrons. The Morgan fingerprint density at radius 1 is 1.29 bits per heavy atom. The third-order valence-corrected chi connectivity index (χ3v) is 4.34. The van der Waals surface area contributed by atoms with Gasteiger partial charge in [0.15, 0.2) is 0 Å². The van der Waals surface area contributed by atoms with Gasteiger partial charge in [0.2, 0.25) is 0 Å². The van der Waals surface area contributed by atoms with Gasteiger partial charge >= 0.3 is 12.1 Å². The van der Waals surface area contributed by atoms with E-state index in [1.165, 1.54) is 12.1 Å². The van der Waals surface area contributed by atoms with E-state index < -0.39 is 29.5 Å². The second kappa shape index (κ2) is 6.55. The first-order valence-electron chi connectivity index (χ1n) is 7.28. The number of alkyl halides is 3. The molecule has 3 rings (SSSR count). The Balaban J connectivity index is 1.64. The summed E-state index contributed by atoms with van der Waals surface area (Å²) in [6.07, 6.45) is -0.865. The molecular weight excluding hydrogens is 387 g/mol. The van der Waals surface area contributed by atoms with Crippen LogP contribution in [0.5, 0.6) is 0 Å². The highest BCUT2D eigenvalue weighted by Crippen LogP contribution is 2.51. The third-order valence-electron chi connectivity index (χ3n) is 3.90. The standard InChI is InChI=1S/C17H13BrF3NO2/c18-11-5-10(7-22-8-11)9-24-16(23)14-6-13(14)12-3-1-2-4-15(12)17(19,20)21/h1-5,7-8,13-14H,6,9H2/t13-,14+/m1/s1. The summed E-state index contributed by atoms with van der Waals surface area (Å²) in [5.74, 6) is -1.43. The van der Waals surface area contributed by atoms with Crippen molar-refractivity contribution < 1.29 is 22.7 Å². The molecule has 1 heterocycles. The number of benzene rings is 1. The van der Waals surface area contributed by atoms with Gasteiger partial charge in [-0.3, -0.25) is 9.78 Å². The normalized spacial score (nSPS) is 19.8. The smallest absolute Gasteiger partial charge is 0.416 e. The fourth-order valence-corrected chi connectivity index (χ4v) is 3.09. The summed E-state index contributed by atoms with van der Waals surface area (Å²) in [6, 6.07) is 7.15. The van der Waals surface area contributed by atoms with Crippen LogP contribution < -0.4 is 0 Å². The van der Waals surface area contributed by atoms with Crippen LogP contribution in [-0.4, -0.2) is 11.0 Å². The average molecular weight is 400 g/mol. The van der Waals surface area contributed by atoms with Crippen molar-refractivity contribution in [2.45, 2.75) is 25.1 Å². The number of halogens is 4. The number of rotatable bonds is 4. The highest BCUT2D eigenvalue weighted by Gasteiger charge is 2.48. The van der Waals surface area contributed by atoms with Crippen LogP contribution in [0, 0.1) is 5.92 Å². The highest BCUT2D eigenvalue weighted by molar-refractivity contribution is 9.10. The molecule has 1 aliphatic rings. The summed E-state index contributed by atoms with van der Waals surface area (Å²) < 4.78 is 45.1. The number of hydrogen-bond donors (Lipinski definition) is 0. The molecular formula is C17H13BrF3NO2.